The van der Waals surface area contributed by atoms with E-state index in [-0.39, 0.29) is 22.4 Å². The zero-order chi connectivity index (χ0) is 22.8. The fraction of sp³-hybridized carbons (Fsp3) is 0.0833. The van der Waals surface area contributed by atoms with E-state index in [1.165, 1.54) is 36.4 Å². The van der Waals surface area contributed by atoms with Crippen molar-refractivity contribution in [1.82, 2.24) is 0 Å². The lowest BCUT2D eigenvalue weighted by atomic mass is 10.1. The van der Waals surface area contributed by atoms with Crippen LogP contribution < -0.4 is 10.2 Å². The number of fused-ring (bicyclic) bond motifs is 1. The SMILES string of the molecule is Cc1ccccc1N1C(=O)c2ccc(C(=O)OCC(=O)Nc3cccc(F)c3)cc2C1=O. The highest BCUT2D eigenvalue weighted by molar-refractivity contribution is 6.34. The first-order chi connectivity index (χ1) is 15.3. The van der Waals surface area contributed by atoms with Gasteiger partial charge in [0.1, 0.15) is 5.82 Å². The van der Waals surface area contributed by atoms with E-state index in [1.807, 2.05) is 0 Å². The van der Waals surface area contributed by atoms with Crippen LogP contribution in [0.1, 0.15) is 36.6 Å². The molecular weight excluding hydrogens is 415 g/mol. The van der Waals surface area contributed by atoms with Crippen LogP contribution in [0.2, 0.25) is 0 Å². The first-order valence-electron chi connectivity index (χ1n) is 9.66. The number of ether oxygens (including phenoxy) is 1. The molecule has 1 N–H and O–H groups in total. The molecule has 3 amide bonds. The Morgan fingerprint density at radius 1 is 0.938 bits per heavy atom. The van der Waals surface area contributed by atoms with Crippen LogP contribution in [-0.4, -0.2) is 30.3 Å². The molecule has 3 aromatic carbocycles. The van der Waals surface area contributed by atoms with Gasteiger partial charge in [-0.1, -0.05) is 24.3 Å². The minimum Gasteiger partial charge on any atom is -0.452 e. The topological polar surface area (TPSA) is 92.8 Å². The Hall–Kier alpha value is -4.33. The summed E-state index contributed by atoms with van der Waals surface area (Å²) in [7, 11) is 0. The lowest BCUT2D eigenvalue weighted by Crippen LogP contribution is -2.29. The van der Waals surface area contributed by atoms with Gasteiger partial charge in [0.05, 0.1) is 22.4 Å². The van der Waals surface area contributed by atoms with Crippen molar-refractivity contribution in [2.45, 2.75) is 6.92 Å². The summed E-state index contributed by atoms with van der Waals surface area (Å²) in [5.41, 5.74) is 1.73. The molecule has 1 aliphatic rings. The average Bonchev–Trinajstić information content (AvgIpc) is 3.02. The monoisotopic (exact) mass is 432 g/mol. The number of carbonyl (C=O) groups is 4. The van der Waals surface area contributed by atoms with Crippen LogP contribution in [0.3, 0.4) is 0 Å². The molecule has 0 unspecified atom stereocenters. The van der Waals surface area contributed by atoms with Crippen molar-refractivity contribution in [3.63, 3.8) is 0 Å². The number of anilines is 2. The molecule has 1 heterocycles. The molecule has 0 aromatic heterocycles. The number of nitrogens with zero attached hydrogens (tertiary/aromatic N) is 1. The van der Waals surface area contributed by atoms with E-state index in [2.05, 4.69) is 5.32 Å². The van der Waals surface area contributed by atoms with E-state index >= 15 is 0 Å². The summed E-state index contributed by atoms with van der Waals surface area (Å²) >= 11 is 0. The van der Waals surface area contributed by atoms with Gasteiger partial charge in [-0.2, -0.15) is 0 Å². The second-order valence-corrected chi connectivity index (χ2v) is 7.13. The number of para-hydroxylation sites is 1. The summed E-state index contributed by atoms with van der Waals surface area (Å²) in [4.78, 5) is 51.1. The molecule has 1 aliphatic heterocycles. The van der Waals surface area contributed by atoms with Gasteiger partial charge in [-0.3, -0.25) is 14.4 Å². The zero-order valence-corrected chi connectivity index (χ0v) is 16.9. The fourth-order valence-electron chi connectivity index (χ4n) is 3.38. The number of carbonyl (C=O) groups excluding carboxylic acids is 4. The molecule has 0 aliphatic carbocycles. The largest absolute Gasteiger partial charge is 0.452 e. The molecule has 0 bridgehead atoms. The lowest BCUT2D eigenvalue weighted by molar-refractivity contribution is -0.119. The van der Waals surface area contributed by atoms with Gasteiger partial charge in [-0.15, -0.1) is 0 Å². The third-order valence-electron chi connectivity index (χ3n) is 4.92. The maximum absolute atomic E-state index is 13.2. The Morgan fingerprint density at radius 2 is 1.69 bits per heavy atom. The molecule has 3 aromatic rings. The van der Waals surface area contributed by atoms with Crippen molar-refractivity contribution >= 4 is 35.1 Å². The van der Waals surface area contributed by atoms with Crippen LogP contribution in [0.25, 0.3) is 0 Å². The molecule has 0 spiro atoms. The van der Waals surface area contributed by atoms with Gasteiger partial charge in [-0.25, -0.2) is 14.1 Å². The van der Waals surface area contributed by atoms with E-state index in [1.54, 1.807) is 31.2 Å². The third kappa shape index (κ3) is 3.98. The van der Waals surface area contributed by atoms with E-state index in [0.29, 0.717) is 5.69 Å². The van der Waals surface area contributed by atoms with Crippen LogP contribution in [0.5, 0.6) is 0 Å². The predicted molar refractivity (Wildman–Crippen MR) is 114 cm³/mol. The number of esters is 1. The summed E-state index contributed by atoms with van der Waals surface area (Å²) in [6, 6.07) is 16.3. The molecule has 7 nitrogen and oxygen atoms in total. The molecule has 0 radical (unpaired) electrons. The van der Waals surface area contributed by atoms with Gasteiger partial charge < -0.3 is 10.1 Å². The van der Waals surface area contributed by atoms with Crippen LogP contribution in [0.4, 0.5) is 15.8 Å². The van der Waals surface area contributed by atoms with Crippen molar-refractivity contribution in [1.29, 1.82) is 0 Å². The summed E-state index contributed by atoms with van der Waals surface area (Å²) in [5.74, 6) is -3.03. The number of benzene rings is 3. The number of hydrogen-bond donors (Lipinski definition) is 1. The molecular formula is C24H17FN2O5. The Kier molecular flexibility index (Phi) is 5.51. The van der Waals surface area contributed by atoms with Gasteiger partial charge in [-0.05, 0) is 55.0 Å². The third-order valence-corrected chi connectivity index (χ3v) is 4.92. The Balaban J connectivity index is 1.46. The smallest absolute Gasteiger partial charge is 0.338 e. The minimum absolute atomic E-state index is 0.0232. The van der Waals surface area contributed by atoms with Crippen molar-refractivity contribution in [2.75, 3.05) is 16.8 Å². The van der Waals surface area contributed by atoms with Gasteiger partial charge in [0, 0.05) is 5.69 Å². The van der Waals surface area contributed by atoms with E-state index < -0.39 is 36.1 Å². The highest BCUT2D eigenvalue weighted by Crippen LogP contribution is 2.31. The summed E-state index contributed by atoms with van der Waals surface area (Å²) in [5, 5.41) is 2.41. The van der Waals surface area contributed by atoms with Crippen molar-refractivity contribution < 1.29 is 28.3 Å². The Bertz CT molecular complexity index is 1270. The van der Waals surface area contributed by atoms with Gasteiger partial charge >= 0.3 is 5.97 Å². The van der Waals surface area contributed by atoms with Gasteiger partial charge in [0.2, 0.25) is 0 Å². The molecule has 0 atom stereocenters. The first-order valence-corrected chi connectivity index (χ1v) is 9.66. The number of nitrogens with one attached hydrogen (secondary N) is 1. The number of halogens is 1. The highest BCUT2D eigenvalue weighted by Gasteiger charge is 2.37. The molecule has 8 heteroatoms. The summed E-state index contributed by atoms with van der Waals surface area (Å²) < 4.78 is 18.2. The molecule has 0 saturated heterocycles. The van der Waals surface area contributed by atoms with Gasteiger partial charge in [0.15, 0.2) is 6.61 Å². The normalized spacial score (nSPS) is 12.5. The van der Waals surface area contributed by atoms with E-state index in [0.717, 1.165) is 16.5 Å². The van der Waals surface area contributed by atoms with Gasteiger partial charge in [0.25, 0.3) is 17.7 Å². The second-order valence-electron chi connectivity index (χ2n) is 7.13. The molecule has 0 fully saturated rings. The number of hydrogen-bond acceptors (Lipinski definition) is 5. The maximum atomic E-state index is 13.2. The van der Waals surface area contributed by atoms with Crippen LogP contribution in [0, 0.1) is 12.7 Å². The fourth-order valence-corrected chi connectivity index (χ4v) is 3.38. The zero-order valence-electron chi connectivity index (χ0n) is 16.9. The Labute approximate surface area is 182 Å². The number of amides is 3. The molecule has 160 valence electrons. The highest BCUT2D eigenvalue weighted by atomic mass is 19.1. The summed E-state index contributed by atoms with van der Waals surface area (Å²) in [6.45, 7) is 1.19. The van der Waals surface area contributed by atoms with E-state index in [9.17, 15) is 23.6 Å². The quantitative estimate of drug-likeness (QED) is 0.490. The predicted octanol–water partition coefficient (Wildman–Crippen LogP) is 3.73. The van der Waals surface area contributed by atoms with E-state index in [4.69, 9.17) is 4.74 Å². The summed E-state index contributed by atoms with van der Waals surface area (Å²) in [6.07, 6.45) is 0. The van der Waals surface area contributed by atoms with Crippen LogP contribution in [-0.2, 0) is 9.53 Å². The number of imide groups is 1. The Morgan fingerprint density at radius 3 is 2.44 bits per heavy atom. The molecule has 32 heavy (non-hydrogen) atoms. The molecule has 0 saturated carbocycles. The standard InChI is InChI=1S/C24H17FN2O5/c1-14-5-2-3-8-20(14)27-22(29)18-10-9-15(11-19(18)23(27)30)24(31)32-13-21(28)26-17-7-4-6-16(25)12-17/h2-12H,13H2,1H3,(H,26,28). The second kappa shape index (κ2) is 8.43. The molecule has 4 rings (SSSR count). The average molecular weight is 432 g/mol. The number of rotatable bonds is 5. The van der Waals surface area contributed by atoms with Crippen LogP contribution >= 0.6 is 0 Å². The van der Waals surface area contributed by atoms with Crippen molar-refractivity contribution in [3.8, 4) is 0 Å². The van der Waals surface area contributed by atoms with Crippen LogP contribution in [0.15, 0.2) is 66.7 Å². The minimum atomic E-state index is -0.836. The maximum Gasteiger partial charge on any atom is 0.338 e. The first kappa shape index (κ1) is 20.9. The van der Waals surface area contributed by atoms with Crippen molar-refractivity contribution in [2.24, 2.45) is 0 Å². The van der Waals surface area contributed by atoms with Crippen molar-refractivity contribution in [3.05, 3.63) is 94.8 Å². The number of aryl methyl sites for hydroxylation is 1. The lowest BCUT2D eigenvalue weighted by Gasteiger charge is -2.16.